The molecule has 164 valence electrons. The average molecular weight is 416 g/mol. The Labute approximate surface area is 178 Å². The summed E-state index contributed by atoms with van der Waals surface area (Å²) in [4.78, 5) is 16.8. The van der Waals surface area contributed by atoms with Crippen LogP contribution >= 0.6 is 0 Å². The van der Waals surface area contributed by atoms with Gasteiger partial charge in [0.05, 0.1) is 25.5 Å². The number of carbonyl (C=O) groups excluding carboxylic acids is 1. The van der Waals surface area contributed by atoms with Crippen molar-refractivity contribution in [3.05, 3.63) is 41.3 Å². The smallest absolute Gasteiger partial charge is 0.366 e. The highest BCUT2D eigenvalue weighted by molar-refractivity contribution is 5.77. The van der Waals surface area contributed by atoms with Gasteiger partial charge < -0.3 is 18.6 Å². The van der Waals surface area contributed by atoms with E-state index in [1.807, 2.05) is 26.0 Å². The van der Waals surface area contributed by atoms with Gasteiger partial charge in [-0.25, -0.2) is 9.78 Å². The highest BCUT2D eigenvalue weighted by atomic mass is 16.7. The molecule has 0 radical (unpaired) electrons. The monoisotopic (exact) mass is 415 g/mol. The van der Waals surface area contributed by atoms with Crippen LogP contribution in [0.1, 0.15) is 56.5 Å². The normalized spacial score (nSPS) is 21.5. The minimum Gasteiger partial charge on any atom is -0.462 e. The molecule has 1 saturated heterocycles. The highest BCUT2D eigenvalue weighted by Gasteiger charge is 2.44. The van der Waals surface area contributed by atoms with E-state index in [1.165, 1.54) is 5.56 Å². The van der Waals surface area contributed by atoms with E-state index in [9.17, 15) is 4.79 Å². The summed E-state index contributed by atoms with van der Waals surface area (Å²) in [7, 11) is 0. The number of ether oxygens (including phenoxy) is 3. The number of esters is 1. The van der Waals surface area contributed by atoms with Crippen LogP contribution in [0.5, 0.6) is 0 Å². The first kappa shape index (κ1) is 22.5. The molecule has 1 aliphatic heterocycles. The van der Waals surface area contributed by atoms with Crippen molar-refractivity contribution in [3.63, 3.8) is 0 Å². The van der Waals surface area contributed by atoms with E-state index < -0.39 is 11.8 Å². The van der Waals surface area contributed by atoms with Crippen LogP contribution in [0.4, 0.5) is 0 Å². The van der Waals surface area contributed by atoms with Crippen molar-refractivity contribution < 1.29 is 23.4 Å². The van der Waals surface area contributed by atoms with Crippen LogP contribution in [-0.4, -0.2) is 36.6 Å². The van der Waals surface area contributed by atoms with Gasteiger partial charge in [-0.3, -0.25) is 0 Å². The zero-order valence-corrected chi connectivity index (χ0v) is 18.5. The molecule has 6 heteroatoms. The van der Waals surface area contributed by atoms with E-state index in [2.05, 4.69) is 19.1 Å². The molecule has 6 nitrogen and oxygen atoms in total. The largest absolute Gasteiger partial charge is 0.462 e. The SMILES string of the molecule is CCOC(=O)C1(CC)OCC(CCCCc2nc(-c3ccc(C)cc3)oc2C)CO1. The van der Waals surface area contributed by atoms with Gasteiger partial charge in [-0.05, 0) is 52.2 Å². The summed E-state index contributed by atoms with van der Waals surface area (Å²) in [6.07, 6.45) is 4.39. The number of hydrogen-bond donors (Lipinski definition) is 0. The fraction of sp³-hybridized carbons (Fsp3) is 0.583. The molecule has 0 aliphatic carbocycles. The summed E-state index contributed by atoms with van der Waals surface area (Å²) < 4.78 is 22.6. The van der Waals surface area contributed by atoms with Crippen LogP contribution in [0.25, 0.3) is 11.5 Å². The number of aryl methyl sites for hydroxylation is 3. The fourth-order valence-corrected chi connectivity index (χ4v) is 3.67. The molecule has 30 heavy (non-hydrogen) atoms. The quantitative estimate of drug-likeness (QED) is 0.424. The van der Waals surface area contributed by atoms with Crippen molar-refractivity contribution in [3.8, 4) is 11.5 Å². The minimum atomic E-state index is -1.23. The third kappa shape index (κ3) is 5.29. The second-order valence-corrected chi connectivity index (χ2v) is 7.95. The van der Waals surface area contributed by atoms with Crippen LogP contribution in [0.15, 0.2) is 28.7 Å². The Morgan fingerprint density at radius 1 is 1.13 bits per heavy atom. The van der Waals surface area contributed by atoms with Crippen LogP contribution in [-0.2, 0) is 25.4 Å². The second kappa shape index (κ2) is 10.2. The molecule has 2 aromatic rings. The molecule has 0 bridgehead atoms. The Morgan fingerprint density at radius 3 is 2.47 bits per heavy atom. The second-order valence-electron chi connectivity index (χ2n) is 7.95. The zero-order chi connectivity index (χ0) is 21.6. The first-order valence-corrected chi connectivity index (χ1v) is 11.0. The maximum Gasteiger partial charge on any atom is 0.366 e. The number of benzene rings is 1. The van der Waals surface area contributed by atoms with Crippen molar-refractivity contribution >= 4 is 5.97 Å². The Balaban J connectivity index is 1.44. The summed E-state index contributed by atoms with van der Waals surface area (Å²) in [5.41, 5.74) is 3.25. The predicted octanol–water partition coefficient (Wildman–Crippen LogP) is 5.00. The standard InChI is InChI=1S/C24H33NO5/c1-5-24(23(26)27-6-2)28-15-19(16-29-24)9-7-8-10-21-18(4)30-22(25-21)20-13-11-17(3)12-14-20/h11-14,19H,5-10,15-16H2,1-4H3. The van der Waals surface area contributed by atoms with Gasteiger partial charge in [0.1, 0.15) is 5.76 Å². The van der Waals surface area contributed by atoms with Gasteiger partial charge in [-0.2, -0.15) is 0 Å². The van der Waals surface area contributed by atoms with Gasteiger partial charge in [0.25, 0.3) is 5.79 Å². The topological polar surface area (TPSA) is 70.8 Å². The number of rotatable bonds is 9. The van der Waals surface area contributed by atoms with E-state index in [0.717, 1.165) is 42.7 Å². The third-order valence-electron chi connectivity index (χ3n) is 5.62. The van der Waals surface area contributed by atoms with Crippen molar-refractivity contribution in [2.24, 2.45) is 5.92 Å². The fourth-order valence-electron chi connectivity index (χ4n) is 3.67. The van der Waals surface area contributed by atoms with E-state index in [-0.39, 0.29) is 0 Å². The summed E-state index contributed by atoms with van der Waals surface area (Å²) in [6, 6.07) is 8.22. The van der Waals surface area contributed by atoms with Gasteiger partial charge in [0, 0.05) is 17.9 Å². The summed E-state index contributed by atoms with van der Waals surface area (Å²) in [5.74, 6) is 0.220. The molecule has 1 fully saturated rings. The summed E-state index contributed by atoms with van der Waals surface area (Å²) in [6.45, 7) is 9.07. The van der Waals surface area contributed by atoms with Gasteiger partial charge in [-0.15, -0.1) is 0 Å². The summed E-state index contributed by atoms with van der Waals surface area (Å²) in [5, 5.41) is 0. The maximum atomic E-state index is 12.1. The zero-order valence-electron chi connectivity index (χ0n) is 18.5. The van der Waals surface area contributed by atoms with Crippen molar-refractivity contribution in [2.75, 3.05) is 19.8 Å². The maximum absolute atomic E-state index is 12.1. The van der Waals surface area contributed by atoms with Crippen LogP contribution in [0, 0.1) is 19.8 Å². The van der Waals surface area contributed by atoms with E-state index in [0.29, 0.717) is 38.1 Å². The molecule has 0 atom stereocenters. The Kier molecular flexibility index (Phi) is 7.67. The Morgan fingerprint density at radius 2 is 1.83 bits per heavy atom. The van der Waals surface area contributed by atoms with Gasteiger partial charge in [0.15, 0.2) is 0 Å². The molecular formula is C24H33NO5. The number of hydrogen-bond acceptors (Lipinski definition) is 6. The van der Waals surface area contributed by atoms with Crippen molar-refractivity contribution in [1.29, 1.82) is 0 Å². The predicted molar refractivity (Wildman–Crippen MR) is 114 cm³/mol. The molecule has 0 saturated carbocycles. The lowest BCUT2D eigenvalue weighted by molar-refractivity contribution is -0.283. The van der Waals surface area contributed by atoms with Crippen LogP contribution in [0.2, 0.25) is 0 Å². The highest BCUT2D eigenvalue weighted by Crippen LogP contribution is 2.29. The van der Waals surface area contributed by atoms with Crippen molar-refractivity contribution in [2.45, 2.75) is 65.6 Å². The molecular weight excluding hydrogens is 382 g/mol. The summed E-state index contributed by atoms with van der Waals surface area (Å²) >= 11 is 0. The van der Waals surface area contributed by atoms with Gasteiger partial charge in [0.2, 0.25) is 5.89 Å². The number of unbranched alkanes of at least 4 members (excludes halogenated alkanes) is 1. The molecule has 0 N–H and O–H groups in total. The number of aromatic nitrogens is 1. The van der Waals surface area contributed by atoms with Crippen molar-refractivity contribution in [1.82, 2.24) is 4.98 Å². The molecule has 2 heterocycles. The van der Waals surface area contributed by atoms with E-state index in [1.54, 1.807) is 6.92 Å². The molecule has 0 amide bonds. The van der Waals surface area contributed by atoms with E-state index >= 15 is 0 Å². The lowest BCUT2D eigenvalue weighted by Crippen LogP contribution is -2.50. The molecule has 0 spiro atoms. The first-order valence-electron chi connectivity index (χ1n) is 11.0. The lowest BCUT2D eigenvalue weighted by atomic mass is 10.0. The minimum absolute atomic E-state index is 0.292. The Hall–Kier alpha value is -2.18. The van der Waals surface area contributed by atoms with Crippen LogP contribution < -0.4 is 0 Å². The lowest BCUT2D eigenvalue weighted by Gasteiger charge is -2.37. The molecule has 3 rings (SSSR count). The van der Waals surface area contributed by atoms with Gasteiger partial charge >= 0.3 is 5.97 Å². The molecule has 1 aromatic heterocycles. The molecule has 0 unspecified atom stereocenters. The van der Waals surface area contributed by atoms with Crippen LogP contribution in [0.3, 0.4) is 0 Å². The number of carbonyl (C=O) groups is 1. The first-order chi connectivity index (χ1) is 14.5. The third-order valence-corrected chi connectivity index (χ3v) is 5.62. The van der Waals surface area contributed by atoms with E-state index in [4.69, 9.17) is 23.6 Å². The molecule has 1 aliphatic rings. The number of oxazole rings is 1. The Bertz CT molecular complexity index is 819. The number of nitrogens with zero attached hydrogens (tertiary/aromatic N) is 1. The van der Waals surface area contributed by atoms with Gasteiger partial charge in [-0.1, -0.05) is 31.0 Å². The molecule has 1 aromatic carbocycles. The average Bonchev–Trinajstić information content (AvgIpc) is 3.13.